The monoisotopic (exact) mass is 160 g/mol. The molecule has 61 valence electrons. The van der Waals surface area contributed by atoms with Crippen LogP contribution in [0.3, 0.4) is 0 Å². The number of amides is 1. The van der Waals surface area contributed by atoms with E-state index in [4.69, 9.17) is 0 Å². The highest BCUT2D eigenvalue weighted by Crippen LogP contribution is 2.31. The Hall–Kier alpha value is -1.31. The van der Waals surface area contributed by atoms with Gasteiger partial charge in [-0.1, -0.05) is 18.2 Å². The molecule has 2 heteroatoms. The van der Waals surface area contributed by atoms with Crippen LogP contribution in [-0.2, 0) is 5.54 Å². The van der Waals surface area contributed by atoms with Crippen molar-refractivity contribution in [2.75, 3.05) is 0 Å². The first-order chi connectivity index (χ1) is 5.61. The predicted octanol–water partition coefficient (Wildman–Crippen LogP) is 1.68. The third-order valence-electron chi connectivity index (χ3n) is 2.20. The molecule has 0 aromatic heterocycles. The third kappa shape index (κ3) is 0.843. The summed E-state index contributed by atoms with van der Waals surface area (Å²) in [6.45, 7) is 3.91. The lowest BCUT2D eigenvalue weighted by molar-refractivity contribution is 0.0934. The van der Waals surface area contributed by atoms with E-state index in [1.54, 1.807) is 0 Å². The summed E-state index contributed by atoms with van der Waals surface area (Å²) in [5.41, 5.74) is 1.46. The van der Waals surface area contributed by atoms with Gasteiger partial charge >= 0.3 is 0 Å². The molecule has 0 aliphatic carbocycles. The molecule has 0 spiro atoms. The summed E-state index contributed by atoms with van der Waals surface area (Å²) in [5, 5.41) is 4.05. The highest BCUT2D eigenvalue weighted by molar-refractivity contribution is 5.99. The fourth-order valence-electron chi connectivity index (χ4n) is 1.58. The zero-order valence-electron chi connectivity index (χ0n) is 7.16. The van der Waals surface area contributed by atoms with Gasteiger partial charge < -0.3 is 0 Å². The van der Waals surface area contributed by atoms with Gasteiger partial charge in [-0.05, 0) is 25.5 Å². The fraction of sp³-hybridized carbons (Fsp3) is 0.300. The van der Waals surface area contributed by atoms with Crippen molar-refractivity contribution in [2.45, 2.75) is 19.4 Å². The maximum absolute atomic E-state index is 11.3. The Labute approximate surface area is 71.6 Å². The molecule has 2 rings (SSSR count). The van der Waals surface area contributed by atoms with Gasteiger partial charge in [-0.25, -0.2) is 5.32 Å². The first-order valence-electron chi connectivity index (χ1n) is 3.98. The van der Waals surface area contributed by atoms with E-state index >= 15 is 0 Å². The standard InChI is InChI=1S/C10H10NO/c1-10(2)8-6-4-3-5-7(8)9(12)11-10/h3-6H,1-2H3. The van der Waals surface area contributed by atoms with Crippen molar-refractivity contribution in [1.82, 2.24) is 5.32 Å². The predicted molar refractivity (Wildman–Crippen MR) is 45.9 cm³/mol. The highest BCUT2D eigenvalue weighted by atomic mass is 16.2. The molecule has 1 aromatic rings. The van der Waals surface area contributed by atoms with Gasteiger partial charge in [0.05, 0.1) is 5.54 Å². The minimum absolute atomic E-state index is 0.0874. The van der Waals surface area contributed by atoms with Crippen molar-refractivity contribution < 1.29 is 4.79 Å². The van der Waals surface area contributed by atoms with Gasteiger partial charge in [0.2, 0.25) is 0 Å². The number of hydrogen-bond donors (Lipinski definition) is 0. The number of benzene rings is 1. The number of carbonyl (C=O) groups excluding carboxylic acids is 1. The molecule has 0 saturated carbocycles. The summed E-state index contributed by atoms with van der Waals surface area (Å²) < 4.78 is 0. The van der Waals surface area contributed by atoms with Gasteiger partial charge in [-0.15, -0.1) is 0 Å². The zero-order chi connectivity index (χ0) is 8.77. The van der Waals surface area contributed by atoms with Gasteiger partial charge in [0.1, 0.15) is 0 Å². The molecule has 2 nitrogen and oxygen atoms in total. The van der Waals surface area contributed by atoms with Crippen LogP contribution in [0, 0.1) is 0 Å². The first kappa shape index (κ1) is 7.35. The molecule has 0 atom stereocenters. The van der Waals surface area contributed by atoms with E-state index in [1.807, 2.05) is 38.1 Å². The second-order valence-corrected chi connectivity index (χ2v) is 3.52. The normalized spacial score (nSPS) is 18.7. The molecule has 1 amide bonds. The van der Waals surface area contributed by atoms with Crippen molar-refractivity contribution in [2.24, 2.45) is 0 Å². The molecular weight excluding hydrogens is 150 g/mol. The number of hydrogen-bond acceptors (Lipinski definition) is 1. The molecule has 12 heavy (non-hydrogen) atoms. The molecular formula is C10H10NO. The van der Waals surface area contributed by atoms with Crippen LogP contribution in [0.5, 0.6) is 0 Å². The molecule has 0 N–H and O–H groups in total. The van der Waals surface area contributed by atoms with Crippen molar-refractivity contribution >= 4 is 5.91 Å². The average Bonchev–Trinajstić information content (AvgIpc) is 2.25. The van der Waals surface area contributed by atoms with Crippen LogP contribution in [0.15, 0.2) is 24.3 Å². The minimum atomic E-state index is -0.326. The lowest BCUT2D eigenvalue weighted by atomic mass is 9.95. The molecule has 1 aliphatic rings. The highest BCUT2D eigenvalue weighted by Gasteiger charge is 2.36. The lowest BCUT2D eigenvalue weighted by Gasteiger charge is -2.15. The number of rotatable bonds is 0. The van der Waals surface area contributed by atoms with Crippen LogP contribution in [0.25, 0.3) is 0 Å². The van der Waals surface area contributed by atoms with Gasteiger partial charge in [0.15, 0.2) is 0 Å². The summed E-state index contributed by atoms with van der Waals surface area (Å²) >= 11 is 0. The SMILES string of the molecule is CC1(C)[N]C(=O)c2ccccc21. The van der Waals surface area contributed by atoms with Gasteiger partial charge in [-0.2, -0.15) is 0 Å². The van der Waals surface area contributed by atoms with Crippen molar-refractivity contribution in [3.8, 4) is 0 Å². The van der Waals surface area contributed by atoms with Crippen LogP contribution < -0.4 is 5.32 Å². The Bertz CT molecular complexity index is 341. The molecule has 1 aromatic carbocycles. The molecule has 1 radical (unpaired) electrons. The second-order valence-electron chi connectivity index (χ2n) is 3.52. The summed E-state index contributed by atoms with van der Waals surface area (Å²) in [5.74, 6) is -0.0874. The Morgan fingerprint density at radius 2 is 1.92 bits per heavy atom. The van der Waals surface area contributed by atoms with Crippen LogP contribution in [0.2, 0.25) is 0 Å². The summed E-state index contributed by atoms with van der Waals surface area (Å²) in [7, 11) is 0. The Kier molecular flexibility index (Phi) is 1.28. The molecule has 1 aliphatic heterocycles. The van der Waals surface area contributed by atoms with Crippen LogP contribution in [0.4, 0.5) is 0 Å². The van der Waals surface area contributed by atoms with Crippen molar-refractivity contribution in [3.63, 3.8) is 0 Å². The van der Waals surface area contributed by atoms with Crippen molar-refractivity contribution in [3.05, 3.63) is 35.4 Å². The van der Waals surface area contributed by atoms with Crippen LogP contribution in [-0.4, -0.2) is 5.91 Å². The van der Waals surface area contributed by atoms with E-state index < -0.39 is 0 Å². The minimum Gasteiger partial charge on any atom is -0.267 e. The average molecular weight is 160 g/mol. The maximum Gasteiger partial charge on any atom is 0.273 e. The van der Waals surface area contributed by atoms with Crippen molar-refractivity contribution in [1.29, 1.82) is 0 Å². The number of carbonyl (C=O) groups is 1. The largest absolute Gasteiger partial charge is 0.273 e. The molecule has 0 fully saturated rings. The molecule has 0 saturated heterocycles. The van der Waals surface area contributed by atoms with E-state index in [0.717, 1.165) is 11.1 Å². The number of fused-ring (bicyclic) bond motifs is 1. The summed E-state index contributed by atoms with van der Waals surface area (Å²) in [6, 6.07) is 7.60. The zero-order valence-corrected chi connectivity index (χ0v) is 7.16. The lowest BCUT2D eigenvalue weighted by Crippen LogP contribution is -2.25. The molecule has 1 heterocycles. The third-order valence-corrected chi connectivity index (χ3v) is 2.20. The van der Waals surface area contributed by atoms with E-state index in [2.05, 4.69) is 5.32 Å². The topological polar surface area (TPSA) is 31.2 Å². The van der Waals surface area contributed by atoms with Crippen LogP contribution in [0.1, 0.15) is 29.8 Å². The van der Waals surface area contributed by atoms with E-state index in [1.165, 1.54) is 0 Å². The quantitative estimate of drug-likeness (QED) is 0.568. The van der Waals surface area contributed by atoms with Gasteiger partial charge in [-0.3, -0.25) is 4.79 Å². The Morgan fingerprint density at radius 3 is 2.58 bits per heavy atom. The smallest absolute Gasteiger partial charge is 0.267 e. The molecule has 0 bridgehead atoms. The summed E-state index contributed by atoms with van der Waals surface area (Å²) in [6.07, 6.45) is 0. The van der Waals surface area contributed by atoms with Crippen LogP contribution >= 0.6 is 0 Å². The van der Waals surface area contributed by atoms with Gasteiger partial charge in [0.25, 0.3) is 5.91 Å². The van der Waals surface area contributed by atoms with E-state index in [0.29, 0.717) is 0 Å². The Balaban J connectivity index is 2.66. The summed E-state index contributed by atoms with van der Waals surface area (Å²) in [4.78, 5) is 11.3. The fourth-order valence-corrected chi connectivity index (χ4v) is 1.58. The number of nitrogens with zero attached hydrogens (tertiary/aromatic N) is 1. The first-order valence-corrected chi connectivity index (χ1v) is 3.98. The molecule has 0 unspecified atom stereocenters. The maximum atomic E-state index is 11.3. The van der Waals surface area contributed by atoms with E-state index in [9.17, 15) is 4.79 Å². The van der Waals surface area contributed by atoms with E-state index in [-0.39, 0.29) is 11.4 Å². The van der Waals surface area contributed by atoms with Gasteiger partial charge in [0, 0.05) is 5.56 Å². The second kappa shape index (κ2) is 2.09. The Morgan fingerprint density at radius 1 is 1.25 bits per heavy atom.